The Balaban J connectivity index is 1.80. The molecule has 3 rings (SSSR count). The van der Waals surface area contributed by atoms with Gasteiger partial charge >= 0.3 is 6.18 Å². The number of methoxy groups -OCH3 is 1. The predicted octanol–water partition coefficient (Wildman–Crippen LogP) is 4.30. The molecule has 2 aromatic carbocycles. The minimum atomic E-state index is -4.41. The van der Waals surface area contributed by atoms with Gasteiger partial charge in [-0.15, -0.1) is 0 Å². The molecule has 1 atom stereocenters. The number of hydrogen-bond donors (Lipinski definition) is 1. The number of carbonyl (C=O) groups is 1. The van der Waals surface area contributed by atoms with E-state index in [1.807, 2.05) is 30.3 Å². The van der Waals surface area contributed by atoms with E-state index >= 15 is 0 Å². The lowest BCUT2D eigenvalue weighted by molar-refractivity contribution is -0.174. The molecule has 1 N–H and O–H groups in total. The van der Waals surface area contributed by atoms with Gasteiger partial charge in [-0.05, 0) is 36.8 Å². The van der Waals surface area contributed by atoms with Gasteiger partial charge in [0.1, 0.15) is 18.1 Å². The van der Waals surface area contributed by atoms with Crippen molar-refractivity contribution in [2.75, 3.05) is 20.3 Å². The Bertz CT molecular complexity index is 1020. The summed E-state index contributed by atoms with van der Waals surface area (Å²) in [4.78, 5) is 12.9. The normalized spacial score (nSPS) is 12.4. The van der Waals surface area contributed by atoms with Gasteiger partial charge in [0.05, 0.1) is 25.8 Å². The Morgan fingerprint density at radius 1 is 1.12 bits per heavy atom. The van der Waals surface area contributed by atoms with Gasteiger partial charge in [0.15, 0.2) is 0 Å². The molecule has 6 nitrogen and oxygen atoms in total. The van der Waals surface area contributed by atoms with Crippen LogP contribution < -0.4 is 10.1 Å². The average Bonchev–Trinajstić information content (AvgIpc) is 3.17. The Hall–Kier alpha value is -3.33. The first-order chi connectivity index (χ1) is 15.2. The van der Waals surface area contributed by atoms with Crippen molar-refractivity contribution in [3.8, 4) is 17.0 Å². The van der Waals surface area contributed by atoms with Crippen molar-refractivity contribution in [3.05, 3.63) is 71.9 Å². The number of rotatable bonds is 9. The fraction of sp³-hybridized carbons (Fsp3) is 0.304. The molecule has 0 bridgehead atoms. The largest absolute Gasteiger partial charge is 0.497 e. The Labute approximate surface area is 184 Å². The van der Waals surface area contributed by atoms with Crippen LogP contribution in [0.15, 0.2) is 60.8 Å². The van der Waals surface area contributed by atoms with Crippen molar-refractivity contribution in [2.45, 2.75) is 25.7 Å². The molecule has 0 saturated heterocycles. The van der Waals surface area contributed by atoms with E-state index in [1.165, 1.54) is 0 Å². The second-order valence-electron chi connectivity index (χ2n) is 7.31. The lowest BCUT2D eigenvalue weighted by atomic mass is 10.1. The van der Waals surface area contributed by atoms with Crippen LogP contribution in [0.4, 0.5) is 13.2 Å². The van der Waals surface area contributed by atoms with E-state index in [-0.39, 0.29) is 6.61 Å². The monoisotopic (exact) mass is 447 g/mol. The highest BCUT2D eigenvalue weighted by atomic mass is 19.4. The standard InChI is InChI=1S/C23H24F3N3O3/c1-16(14-32-15-23(24,25)26)27-22(30)20-13-29(12-17-6-4-3-5-7-17)28-21(20)18-8-10-19(31-2)11-9-18/h3-11,13,16H,12,14-15H2,1-2H3,(H,27,30)/t16-/m0/s1. The third-order valence-corrected chi connectivity index (χ3v) is 4.57. The molecule has 0 aliphatic rings. The van der Waals surface area contributed by atoms with E-state index < -0.39 is 24.7 Å². The summed E-state index contributed by atoms with van der Waals surface area (Å²) in [7, 11) is 1.56. The van der Waals surface area contributed by atoms with Crippen LogP contribution in [0, 0.1) is 0 Å². The van der Waals surface area contributed by atoms with E-state index in [9.17, 15) is 18.0 Å². The second-order valence-corrected chi connectivity index (χ2v) is 7.31. The summed E-state index contributed by atoms with van der Waals surface area (Å²) in [5.74, 6) is 0.220. The van der Waals surface area contributed by atoms with Crippen LogP contribution in [0.1, 0.15) is 22.8 Å². The van der Waals surface area contributed by atoms with Gasteiger partial charge in [0.25, 0.3) is 5.91 Å². The van der Waals surface area contributed by atoms with E-state index in [0.717, 1.165) is 5.56 Å². The molecule has 0 saturated carbocycles. The molecule has 1 heterocycles. The quantitative estimate of drug-likeness (QED) is 0.531. The van der Waals surface area contributed by atoms with Crippen LogP contribution in [-0.4, -0.2) is 48.2 Å². The Kier molecular flexibility index (Phi) is 7.53. The third-order valence-electron chi connectivity index (χ3n) is 4.57. The van der Waals surface area contributed by atoms with Crippen molar-refractivity contribution in [1.29, 1.82) is 0 Å². The number of carbonyl (C=O) groups excluding carboxylic acids is 1. The summed E-state index contributed by atoms with van der Waals surface area (Å²) in [6, 6.07) is 16.1. The maximum absolute atomic E-state index is 12.9. The van der Waals surface area contributed by atoms with Crippen molar-refractivity contribution in [2.24, 2.45) is 0 Å². The number of halogens is 3. The smallest absolute Gasteiger partial charge is 0.411 e. The fourth-order valence-electron chi connectivity index (χ4n) is 3.10. The maximum atomic E-state index is 12.9. The molecular formula is C23H24F3N3O3. The summed E-state index contributed by atoms with van der Waals surface area (Å²) in [5, 5.41) is 7.27. The maximum Gasteiger partial charge on any atom is 0.411 e. The molecule has 0 radical (unpaired) electrons. The van der Waals surface area contributed by atoms with Gasteiger partial charge in [-0.1, -0.05) is 30.3 Å². The van der Waals surface area contributed by atoms with Crippen LogP contribution in [0.5, 0.6) is 5.75 Å². The highest BCUT2D eigenvalue weighted by Gasteiger charge is 2.28. The first-order valence-electron chi connectivity index (χ1n) is 9.96. The third kappa shape index (κ3) is 6.58. The highest BCUT2D eigenvalue weighted by molar-refractivity contribution is 6.00. The van der Waals surface area contributed by atoms with E-state index in [2.05, 4.69) is 15.2 Å². The van der Waals surface area contributed by atoms with Crippen molar-refractivity contribution < 1.29 is 27.4 Å². The SMILES string of the molecule is COc1ccc(-c2nn(Cc3ccccc3)cc2C(=O)N[C@@H](C)COCC(F)(F)F)cc1. The zero-order chi connectivity index (χ0) is 23.1. The predicted molar refractivity (Wildman–Crippen MR) is 114 cm³/mol. The van der Waals surface area contributed by atoms with Gasteiger partial charge in [0.2, 0.25) is 0 Å². The molecule has 1 amide bonds. The number of alkyl halides is 3. The van der Waals surface area contributed by atoms with Crippen LogP contribution in [0.2, 0.25) is 0 Å². The number of nitrogens with one attached hydrogen (secondary N) is 1. The van der Waals surface area contributed by atoms with Crippen LogP contribution in [0.3, 0.4) is 0 Å². The molecule has 0 spiro atoms. The number of benzene rings is 2. The Morgan fingerprint density at radius 2 is 1.81 bits per heavy atom. The average molecular weight is 447 g/mol. The zero-order valence-electron chi connectivity index (χ0n) is 17.7. The van der Waals surface area contributed by atoms with E-state index in [0.29, 0.717) is 29.1 Å². The lowest BCUT2D eigenvalue weighted by Gasteiger charge is -2.15. The molecule has 1 aromatic heterocycles. The van der Waals surface area contributed by atoms with E-state index in [1.54, 1.807) is 49.2 Å². The van der Waals surface area contributed by atoms with Crippen LogP contribution >= 0.6 is 0 Å². The summed E-state index contributed by atoms with van der Waals surface area (Å²) in [5.41, 5.74) is 2.50. The number of ether oxygens (including phenoxy) is 2. The molecule has 170 valence electrons. The highest BCUT2D eigenvalue weighted by Crippen LogP contribution is 2.25. The summed E-state index contributed by atoms with van der Waals surface area (Å²) >= 11 is 0. The van der Waals surface area contributed by atoms with Gasteiger partial charge in [-0.3, -0.25) is 9.48 Å². The zero-order valence-corrected chi connectivity index (χ0v) is 17.7. The number of aromatic nitrogens is 2. The molecule has 9 heteroatoms. The van der Waals surface area contributed by atoms with Crippen LogP contribution in [-0.2, 0) is 11.3 Å². The Morgan fingerprint density at radius 3 is 2.44 bits per heavy atom. The molecule has 0 fully saturated rings. The number of nitrogens with zero attached hydrogens (tertiary/aromatic N) is 2. The van der Waals surface area contributed by atoms with Gasteiger partial charge < -0.3 is 14.8 Å². The minimum Gasteiger partial charge on any atom is -0.497 e. The first-order valence-corrected chi connectivity index (χ1v) is 9.96. The molecule has 3 aromatic rings. The number of amides is 1. The second kappa shape index (κ2) is 10.3. The van der Waals surface area contributed by atoms with E-state index in [4.69, 9.17) is 4.74 Å². The summed E-state index contributed by atoms with van der Waals surface area (Å²) in [6.45, 7) is 0.415. The molecule has 32 heavy (non-hydrogen) atoms. The first kappa shape index (κ1) is 23.3. The molecule has 0 aliphatic heterocycles. The summed E-state index contributed by atoms with van der Waals surface area (Å²) < 4.78 is 48.3. The lowest BCUT2D eigenvalue weighted by Crippen LogP contribution is -2.37. The topological polar surface area (TPSA) is 65.4 Å². The van der Waals surface area contributed by atoms with Crippen molar-refractivity contribution in [1.82, 2.24) is 15.1 Å². The van der Waals surface area contributed by atoms with Crippen LogP contribution in [0.25, 0.3) is 11.3 Å². The number of hydrogen-bond acceptors (Lipinski definition) is 4. The van der Waals surface area contributed by atoms with Crippen molar-refractivity contribution in [3.63, 3.8) is 0 Å². The molecular weight excluding hydrogens is 423 g/mol. The molecule has 0 unspecified atom stereocenters. The summed E-state index contributed by atoms with van der Waals surface area (Å²) in [6.07, 6.45) is -2.78. The minimum absolute atomic E-state index is 0.263. The van der Waals surface area contributed by atoms with Crippen molar-refractivity contribution >= 4 is 5.91 Å². The van der Waals surface area contributed by atoms with Gasteiger partial charge in [0, 0.05) is 17.8 Å². The van der Waals surface area contributed by atoms with Gasteiger partial charge in [-0.2, -0.15) is 18.3 Å². The molecule has 0 aliphatic carbocycles. The fourth-order valence-corrected chi connectivity index (χ4v) is 3.10. The van der Waals surface area contributed by atoms with Gasteiger partial charge in [-0.25, -0.2) is 0 Å².